The van der Waals surface area contributed by atoms with E-state index in [2.05, 4.69) is 4.98 Å². The normalized spacial score (nSPS) is 12.0. The summed E-state index contributed by atoms with van der Waals surface area (Å²) in [5.41, 5.74) is 0.262. The highest BCUT2D eigenvalue weighted by Crippen LogP contribution is 2.30. The van der Waals surface area contributed by atoms with Gasteiger partial charge in [0.1, 0.15) is 11.3 Å². The van der Waals surface area contributed by atoms with Crippen molar-refractivity contribution in [3.05, 3.63) is 23.8 Å². The van der Waals surface area contributed by atoms with Gasteiger partial charge in [0.05, 0.1) is 11.3 Å². The van der Waals surface area contributed by atoms with Gasteiger partial charge in [-0.1, -0.05) is 32.5 Å². The van der Waals surface area contributed by atoms with Gasteiger partial charge in [-0.2, -0.15) is 0 Å². The van der Waals surface area contributed by atoms with Crippen molar-refractivity contribution in [1.29, 1.82) is 0 Å². The molecule has 0 amide bonds. The van der Waals surface area contributed by atoms with Crippen molar-refractivity contribution in [1.82, 2.24) is 9.55 Å². The third-order valence-corrected chi connectivity index (χ3v) is 3.66. The Morgan fingerprint density at radius 3 is 2.62 bits per heavy atom. The second-order valence-electron chi connectivity index (χ2n) is 5.98. The third kappa shape index (κ3) is 3.72. The minimum atomic E-state index is -0.985. The number of imidazole rings is 1. The lowest BCUT2D eigenvalue weighted by Gasteiger charge is -2.20. The highest BCUT2D eigenvalue weighted by molar-refractivity contribution is 7.99. The van der Waals surface area contributed by atoms with Gasteiger partial charge in [-0.15, -0.1) is 0 Å². The Bertz CT molecular complexity index is 692. The number of fused-ring (bicyclic) bond motifs is 1. The molecule has 0 fully saturated rings. The molecule has 1 aromatic heterocycles. The van der Waals surface area contributed by atoms with E-state index >= 15 is 0 Å². The number of rotatable bonds is 4. The maximum atomic E-state index is 13.8. The predicted octanol–water partition coefficient (Wildman–Crippen LogP) is 3.54. The fourth-order valence-corrected chi connectivity index (χ4v) is 2.72. The minimum absolute atomic E-state index is 0.0635. The lowest BCUT2D eigenvalue weighted by molar-refractivity contribution is -0.133. The number of hydrogen-bond acceptors (Lipinski definition) is 3. The van der Waals surface area contributed by atoms with Gasteiger partial charge in [0.2, 0.25) is 0 Å². The molecule has 0 saturated carbocycles. The van der Waals surface area contributed by atoms with Crippen molar-refractivity contribution < 1.29 is 18.7 Å². The van der Waals surface area contributed by atoms with Crippen LogP contribution in [0, 0.1) is 17.0 Å². The zero-order valence-electron chi connectivity index (χ0n) is 12.0. The maximum Gasteiger partial charge on any atom is 0.313 e. The fourth-order valence-electron chi connectivity index (χ4n) is 1.99. The average Bonchev–Trinajstić information content (AvgIpc) is 2.63. The second kappa shape index (κ2) is 5.63. The summed E-state index contributed by atoms with van der Waals surface area (Å²) in [6.45, 7) is 6.44. The molecular formula is C14H16F2N2O2S. The van der Waals surface area contributed by atoms with Crippen LogP contribution < -0.4 is 0 Å². The Hall–Kier alpha value is -1.63. The summed E-state index contributed by atoms with van der Waals surface area (Å²) in [6.07, 6.45) is 0. The zero-order valence-corrected chi connectivity index (χ0v) is 12.8. The van der Waals surface area contributed by atoms with Crippen LogP contribution in [0.15, 0.2) is 17.3 Å². The number of halogens is 2. The number of benzene rings is 1. The van der Waals surface area contributed by atoms with Crippen LogP contribution in [0.25, 0.3) is 11.0 Å². The first-order valence-corrected chi connectivity index (χ1v) is 7.36. The van der Waals surface area contributed by atoms with Crippen LogP contribution in [-0.4, -0.2) is 26.4 Å². The molecule has 0 atom stereocenters. The Labute approximate surface area is 125 Å². The Morgan fingerprint density at radius 1 is 1.38 bits per heavy atom. The summed E-state index contributed by atoms with van der Waals surface area (Å²) < 4.78 is 29.0. The zero-order chi connectivity index (χ0) is 15.8. The van der Waals surface area contributed by atoms with Crippen LogP contribution in [-0.2, 0) is 11.3 Å². The van der Waals surface area contributed by atoms with Crippen LogP contribution in [0.4, 0.5) is 8.78 Å². The van der Waals surface area contributed by atoms with E-state index in [1.807, 2.05) is 20.8 Å². The maximum absolute atomic E-state index is 13.8. The van der Waals surface area contributed by atoms with E-state index in [0.717, 1.165) is 17.8 Å². The van der Waals surface area contributed by atoms with Crippen LogP contribution in [0.1, 0.15) is 20.8 Å². The van der Waals surface area contributed by atoms with Crippen molar-refractivity contribution in [3.63, 3.8) is 0 Å². The van der Waals surface area contributed by atoms with E-state index < -0.39 is 17.6 Å². The van der Waals surface area contributed by atoms with Crippen LogP contribution >= 0.6 is 11.8 Å². The lowest BCUT2D eigenvalue weighted by atomic mass is 9.97. The Balaban J connectivity index is 2.57. The quantitative estimate of drug-likeness (QED) is 0.877. The number of aromatic nitrogens is 2. The highest BCUT2D eigenvalue weighted by Gasteiger charge is 2.21. The molecule has 0 unspecified atom stereocenters. The number of thioether (sulfide) groups is 1. The Morgan fingerprint density at radius 2 is 2.05 bits per heavy atom. The molecule has 0 saturated heterocycles. The summed E-state index contributed by atoms with van der Waals surface area (Å²) in [4.78, 5) is 14.8. The molecule has 1 N–H and O–H groups in total. The van der Waals surface area contributed by atoms with Gasteiger partial charge in [-0.05, 0) is 5.41 Å². The first-order valence-electron chi connectivity index (χ1n) is 6.37. The van der Waals surface area contributed by atoms with Crippen LogP contribution in [0.5, 0.6) is 0 Å². The first kappa shape index (κ1) is 15.8. The summed E-state index contributed by atoms with van der Waals surface area (Å²) in [7, 11) is 0. The average molecular weight is 314 g/mol. The molecule has 7 heteroatoms. The number of carboxylic acids is 1. The highest BCUT2D eigenvalue weighted by atomic mass is 32.2. The molecular weight excluding hydrogens is 298 g/mol. The summed E-state index contributed by atoms with van der Waals surface area (Å²) in [5, 5.41) is 9.16. The van der Waals surface area contributed by atoms with Crippen LogP contribution in [0.2, 0.25) is 0 Å². The third-order valence-electron chi connectivity index (χ3n) is 2.69. The number of carbonyl (C=O) groups is 1. The monoisotopic (exact) mass is 314 g/mol. The summed E-state index contributed by atoms with van der Waals surface area (Å²) in [5.74, 6) is -2.59. The van der Waals surface area contributed by atoms with E-state index in [4.69, 9.17) is 5.11 Å². The van der Waals surface area contributed by atoms with Crippen molar-refractivity contribution in [2.24, 2.45) is 5.41 Å². The predicted molar refractivity (Wildman–Crippen MR) is 77.5 cm³/mol. The molecule has 4 nitrogen and oxygen atoms in total. The summed E-state index contributed by atoms with van der Waals surface area (Å²) in [6, 6.07) is 2.00. The number of hydrogen-bond donors (Lipinski definition) is 1. The smallest absolute Gasteiger partial charge is 0.313 e. The van der Waals surface area contributed by atoms with E-state index in [1.54, 1.807) is 4.57 Å². The van der Waals surface area contributed by atoms with Crippen LogP contribution in [0.3, 0.4) is 0 Å². The van der Waals surface area contributed by atoms with Gasteiger partial charge in [0.15, 0.2) is 11.0 Å². The van der Waals surface area contributed by atoms with Gasteiger partial charge in [-0.3, -0.25) is 4.79 Å². The molecule has 21 heavy (non-hydrogen) atoms. The van der Waals surface area contributed by atoms with Crippen molar-refractivity contribution >= 4 is 28.8 Å². The molecule has 1 aromatic carbocycles. The van der Waals surface area contributed by atoms with E-state index in [-0.39, 0.29) is 16.7 Å². The summed E-state index contributed by atoms with van der Waals surface area (Å²) >= 11 is 0.999. The number of nitrogens with zero attached hydrogens (tertiary/aromatic N) is 2. The van der Waals surface area contributed by atoms with Crippen molar-refractivity contribution in [3.8, 4) is 0 Å². The van der Waals surface area contributed by atoms with Crippen molar-refractivity contribution in [2.45, 2.75) is 32.5 Å². The molecule has 0 aliphatic heterocycles. The number of carboxylic acid groups (broad SMARTS) is 1. The van der Waals surface area contributed by atoms with Crippen molar-refractivity contribution in [2.75, 3.05) is 5.75 Å². The van der Waals surface area contributed by atoms with Gasteiger partial charge in [0, 0.05) is 18.7 Å². The van der Waals surface area contributed by atoms with Gasteiger partial charge >= 0.3 is 5.97 Å². The fraction of sp³-hybridized carbons (Fsp3) is 0.429. The van der Waals surface area contributed by atoms with E-state index in [0.29, 0.717) is 17.2 Å². The van der Waals surface area contributed by atoms with E-state index in [9.17, 15) is 13.6 Å². The number of aliphatic carboxylic acids is 1. The molecule has 114 valence electrons. The largest absolute Gasteiger partial charge is 0.481 e. The molecule has 0 spiro atoms. The Kier molecular flexibility index (Phi) is 4.22. The SMILES string of the molecule is CC(C)(C)Cn1c(SCC(=O)O)nc2c(F)cc(F)cc21. The van der Waals surface area contributed by atoms with Gasteiger partial charge in [-0.25, -0.2) is 13.8 Å². The lowest BCUT2D eigenvalue weighted by Crippen LogP contribution is -2.16. The molecule has 2 aromatic rings. The topological polar surface area (TPSA) is 55.1 Å². The first-order chi connectivity index (χ1) is 9.67. The minimum Gasteiger partial charge on any atom is -0.481 e. The molecule has 0 bridgehead atoms. The molecule has 0 aliphatic carbocycles. The standard InChI is InChI=1S/C14H16F2N2O2S/c1-14(2,3)7-18-10-5-8(15)4-9(16)12(10)17-13(18)21-6-11(19)20/h4-5H,6-7H2,1-3H3,(H,19,20). The van der Waals surface area contributed by atoms with E-state index in [1.165, 1.54) is 6.07 Å². The molecule has 0 aliphatic rings. The molecule has 1 heterocycles. The second-order valence-corrected chi connectivity index (χ2v) is 6.92. The molecule has 2 rings (SSSR count). The van der Waals surface area contributed by atoms with Gasteiger partial charge in [0.25, 0.3) is 0 Å². The van der Waals surface area contributed by atoms with Gasteiger partial charge < -0.3 is 9.67 Å². The molecule has 0 radical (unpaired) electrons.